The van der Waals surface area contributed by atoms with Crippen molar-refractivity contribution in [3.05, 3.63) is 83.7 Å². The topological polar surface area (TPSA) is 41.4 Å². The smallest absolute Gasteiger partial charge is 0.257 e. The molecule has 0 saturated carbocycles. The standard InChI is InChI=1S/C25H28N4O/c1-27(25(30)21-16-26-29(17-21)22-10-3-2-4-11-22)23-12-7-13-28(18-23)24-14-19-8-5-6-9-20(19)15-24/h2-6,8-11,16-17,23-24H,7,12-15,18H2,1H3/t23-/m1/s1. The van der Waals surface area contributed by atoms with Crippen molar-refractivity contribution in [1.29, 1.82) is 0 Å². The van der Waals surface area contributed by atoms with E-state index in [-0.39, 0.29) is 11.9 Å². The lowest BCUT2D eigenvalue weighted by molar-refractivity contribution is 0.0555. The van der Waals surface area contributed by atoms with Crippen molar-refractivity contribution >= 4 is 5.91 Å². The van der Waals surface area contributed by atoms with E-state index in [1.54, 1.807) is 10.9 Å². The Morgan fingerprint density at radius 2 is 1.73 bits per heavy atom. The number of benzene rings is 2. The molecule has 3 aromatic rings. The number of carbonyl (C=O) groups is 1. The fourth-order valence-electron chi connectivity index (χ4n) is 4.95. The molecule has 1 saturated heterocycles. The lowest BCUT2D eigenvalue weighted by Gasteiger charge is -2.40. The van der Waals surface area contributed by atoms with Crippen LogP contribution in [0.25, 0.3) is 5.69 Å². The summed E-state index contributed by atoms with van der Waals surface area (Å²) >= 11 is 0. The van der Waals surface area contributed by atoms with Gasteiger partial charge >= 0.3 is 0 Å². The van der Waals surface area contributed by atoms with Gasteiger partial charge in [-0.3, -0.25) is 9.69 Å². The third-order valence-corrected chi connectivity index (χ3v) is 6.69. The highest BCUT2D eigenvalue weighted by Crippen LogP contribution is 2.28. The SMILES string of the molecule is CN(C(=O)c1cnn(-c2ccccc2)c1)[C@@H]1CCCN(C2Cc3ccccc3C2)C1. The van der Waals surface area contributed by atoms with Gasteiger partial charge in [0.15, 0.2) is 0 Å². The van der Waals surface area contributed by atoms with Crippen LogP contribution in [0.15, 0.2) is 67.0 Å². The van der Waals surface area contributed by atoms with E-state index < -0.39 is 0 Å². The first-order valence-corrected chi connectivity index (χ1v) is 10.9. The van der Waals surface area contributed by atoms with Crippen LogP contribution in [0.4, 0.5) is 0 Å². The molecule has 5 rings (SSSR count). The summed E-state index contributed by atoms with van der Waals surface area (Å²) in [5.74, 6) is 0.0544. The molecule has 154 valence electrons. The molecule has 1 atom stereocenters. The zero-order valence-corrected chi connectivity index (χ0v) is 17.4. The molecule has 1 amide bonds. The number of amides is 1. The molecule has 2 aliphatic rings. The van der Waals surface area contributed by atoms with E-state index in [0.29, 0.717) is 11.6 Å². The number of carbonyl (C=O) groups excluding carboxylic acids is 1. The Bertz CT molecular complexity index is 1000. The first-order valence-electron chi connectivity index (χ1n) is 10.9. The van der Waals surface area contributed by atoms with Crippen LogP contribution >= 0.6 is 0 Å². The molecule has 1 fully saturated rings. The highest BCUT2D eigenvalue weighted by Gasteiger charge is 2.33. The summed E-state index contributed by atoms with van der Waals surface area (Å²) in [6.45, 7) is 2.08. The predicted octanol–water partition coefficient (Wildman–Crippen LogP) is 3.58. The van der Waals surface area contributed by atoms with Gasteiger partial charge in [0.05, 0.1) is 17.4 Å². The summed E-state index contributed by atoms with van der Waals surface area (Å²) < 4.78 is 1.77. The van der Waals surface area contributed by atoms with Crippen LogP contribution in [-0.4, -0.2) is 57.7 Å². The van der Waals surface area contributed by atoms with Crippen molar-refractivity contribution in [3.63, 3.8) is 0 Å². The Kier molecular flexibility index (Phi) is 5.13. The highest BCUT2D eigenvalue weighted by molar-refractivity contribution is 5.93. The number of hydrogen-bond donors (Lipinski definition) is 0. The molecule has 30 heavy (non-hydrogen) atoms. The lowest BCUT2D eigenvalue weighted by atomic mass is 10.0. The Labute approximate surface area is 177 Å². The van der Waals surface area contributed by atoms with E-state index in [1.807, 2.05) is 48.5 Å². The second-order valence-corrected chi connectivity index (χ2v) is 8.55. The Morgan fingerprint density at radius 3 is 2.47 bits per heavy atom. The van der Waals surface area contributed by atoms with E-state index >= 15 is 0 Å². The molecule has 1 aliphatic heterocycles. The first kappa shape index (κ1) is 19.1. The predicted molar refractivity (Wildman–Crippen MR) is 118 cm³/mol. The number of likely N-dealkylation sites (N-methyl/N-ethyl adjacent to an activating group) is 1. The monoisotopic (exact) mass is 400 g/mol. The quantitative estimate of drug-likeness (QED) is 0.672. The van der Waals surface area contributed by atoms with Crippen LogP contribution in [0.5, 0.6) is 0 Å². The summed E-state index contributed by atoms with van der Waals surface area (Å²) in [4.78, 5) is 17.7. The van der Waals surface area contributed by atoms with Gasteiger partial charge in [-0.25, -0.2) is 4.68 Å². The van der Waals surface area contributed by atoms with Crippen molar-refractivity contribution in [2.24, 2.45) is 0 Å². The van der Waals surface area contributed by atoms with Crippen molar-refractivity contribution in [1.82, 2.24) is 19.6 Å². The van der Waals surface area contributed by atoms with Crippen molar-refractivity contribution in [2.45, 2.75) is 37.8 Å². The Morgan fingerprint density at radius 1 is 1.03 bits per heavy atom. The fourth-order valence-corrected chi connectivity index (χ4v) is 4.95. The number of aromatic nitrogens is 2. The first-order chi connectivity index (χ1) is 14.7. The van der Waals surface area contributed by atoms with Crippen LogP contribution < -0.4 is 0 Å². The average Bonchev–Trinajstić information content (AvgIpc) is 3.46. The largest absolute Gasteiger partial charge is 0.337 e. The highest BCUT2D eigenvalue weighted by atomic mass is 16.2. The van der Waals surface area contributed by atoms with Gasteiger partial charge in [0.2, 0.25) is 0 Å². The summed E-state index contributed by atoms with van der Waals surface area (Å²) in [5, 5.41) is 4.39. The summed E-state index contributed by atoms with van der Waals surface area (Å²) in [5.41, 5.74) is 4.58. The molecule has 2 heterocycles. The molecule has 2 aromatic carbocycles. The van der Waals surface area contributed by atoms with Gasteiger partial charge in [0.25, 0.3) is 5.91 Å². The number of hydrogen-bond acceptors (Lipinski definition) is 3. The van der Waals surface area contributed by atoms with Gasteiger partial charge in [-0.05, 0) is 55.5 Å². The minimum absolute atomic E-state index is 0.0544. The molecule has 1 aromatic heterocycles. The van der Waals surface area contributed by atoms with Gasteiger partial charge in [0.1, 0.15) is 0 Å². The van der Waals surface area contributed by atoms with Crippen LogP contribution in [0.1, 0.15) is 34.3 Å². The number of rotatable bonds is 4. The number of para-hydroxylation sites is 1. The molecule has 0 bridgehead atoms. The molecule has 5 nitrogen and oxygen atoms in total. The third-order valence-electron chi connectivity index (χ3n) is 6.69. The van der Waals surface area contributed by atoms with Crippen LogP contribution in [0, 0.1) is 0 Å². The molecule has 0 radical (unpaired) electrons. The molecule has 1 aliphatic carbocycles. The van der Waals surface area contributed by atoms with E-state index in [2.05, 4.69) is 34.3 Å². The zero-order chi connectivity index (χ0) is 20.5. The van der Waals surface area contributed by atoms with Gasteiger partial charge in [0, 0.05) is 31.9 Å². The van der Waals surface area contributed by atoms with Crippen molar-refractivity contribution < 1.29 is 4.79 Å². The third kappa shape index (κ3) is 3.65. The van der Waals surface area contributed by atoms with Crippen molar-refractivity contribution in [3.8, 4) is 5.69 Å². The average molecular weight is 401 g/mol. The summed E-state index contributed by atoms with van der Waals surface area (Å²) in [7, 11) is 1.94. The van der Waals surface area contributed by atoms with E-state index in [4.69, 9.17) is 0 Å². The van der Waals surface area contributed by atoms with E-state index in [9.17, 15) is 4.79 Å². The van der Waals surface area contributed by atoms with E-state index in [1.165, 1.54) is 11.1 Å². The number of piperidine rings is 1. The molecule has 5 heteroatoms. The maximum absolute atomic E-state index is 13.1. The Balaban J connectivity index is 1.25. The van der Waals surface area contributed by atoms with Gasteiger partial charge in [-0.2, -0.15) is 5.10 Å². The van der Waals surface area contributed by atoms with Gasteiger partial charge < -0.3 is 4.90 Å². The second-order valence-electron chi connectivity index (χ2n) is 8.55. The van der Waals surface area contributed by atoms with Gasteiger partial charge in [-0.1, -0.05) is 42.5 Å². The lowest BCUT2D eigenvalue weighted by Crippen LogP contribution is -2.51. The summed E-state index contributed by atoms with van der Waals surface area (Å²) in [6, 6.07) is 19.5. The number of likely N-dealkylation sites (tertiary alicyclic amines) is 1. The molecular formula is C25H28N4O. The van der Waals surface area contributed by atoms with Crippen LogP contribution in [0.2, 0.25) is 0 Å². The Hall–Kier alpha value is -2.92. The van der Waals surface area contributed by atoms with Gasteiger partial charge in [-0.15, -0.1) is 0 Å². The van der Waals surface area contributed by atoms with Crippen LogP contribution in [0.3, 0.4) is 0 Å². The molecule has 0 unspecified atom stereocenters. The van der Waals surface area contributed by atoms with Crippen LogP contribution in [-0.2, 0) is 12.8 Å². The van der Waals surface area contributed by atoms with Crippen molar-refractivity contribution in [2.75, 3.05) is 20.1 Å². The molecule has 0 N–H and O–H groups in total. The minimum Gasteiger partial charge on any atom is -0.337 e. The fraction of sp³-hybridized carbons (Fsp3) is 0.360. The minimum atomic E-state index is 0.0544. The maximum Gasteiger partial charge on any atom is 0.257 e. The second kappa shape index (κ2) is 8.07. The maximum atomic E-state index is 13.1. The normalized spacial score (nSPS) is 19.6. The molecular weight excluding hydrogens is 372 g/mol. The number of fused-ring (bicyclic) bond motifs is 1. The summed E-state index contributed by atoms with van der Waals surface area (Å²) in [6.07, 6.45) is 7.97. The zero-order valence-electron chi connectivity index (χ0n) is 17.4. The molecule has 0 spiro atoms. The number of nitrogens with zero attached hydrogens (tertiary/aromatic N) is 4. The van der Waals surface area contributed by atoms with E-state index in [0.717, 1.165) is 44.5 Å².